The number of imide groups is 1. The van der Waals surface area contributed by atoms with Gasteiger partial charge in [0.1, 0.15) is 5.54 Å². The number of carbonyl (C=O) groups is 2. The Hall–Kier alpha value is -3.70. The van der Waals surface area contributed by atoms with Gasteiger partial charge >= 0.3 is 6.03 Å². The molecule has 0 saturated carbocycles. The van der Waals surface area contributed by atoms with Crippen molar-refractivity contribution >= 4 is 17.5 Å². The van der Waals surface area contributed by atoms with Crippen LogP contribution >= 0.6 is 0 Å². The second-order valence-electron chi connectivity index (χ2n) is 9.13. The van der Waals surface area contributed by atoms with Gasteiger partial charge in [-0.3, -0.25) is 9.69 Å². The molecule has 2 aliphatic rings. The van der Waals surface area contributed by atoms with E-state index in [4.69, 9.17) is 0 Å². The minimum atomic E-state index is -0.986. The Labute approximate surface area is 200 Å². The van der Waals surface area contributed by atoms with Crippen molar-refractivity contribution in [3.63, 3.8) is 0 Å². The molecule has 3 aromatic rings. The number of hydrogen-bond acceptors (Lipinski definition) is 3. The molecule has 0 unspecified atom stereocenters. The highest BCUT2D eigenvalue weighted by molar-refractivity contribution is 6.07. The standard InChI is InChI=1S/C29H29N3O2/c33-27-29(20-23-10-4-1-5-11-23,21-24-12-6-2-7-13-24)30-28(34)32(27)22-31-18-16-26(17-19-31)25-14-8-3-9-15-25/h1-16H,17-22H2,(H,30,34). The summed E-state index contributed by atoms with van der Waals surface area (Å²) in [7, 11) is 0. The summed E-state index contributed by atoms with van der Waals surface area (Å²) >= 11 is 0. The predicted octanol–water partition coefficient (Wildman–Crippen LogP) is 4.51. The van der Waals surface area contributed by atoms with Crippen LogP contribution in [0, 0.1) is 0 Å². The van der Waals surface area contributed by atoms with Crippen molar-refractivity contribution in [2.75, 3.05) is 19.8 Å². The molecule has 3 aromatic carbocycles. The topological polar surface area (TPSA) is 52.7 Å². The van der Waals surface area contributed by atoms with Crippen molar-refractivity contribution in [2.24, 2.45) is 0 Å². The van der Waals surface area contributed by atoms with Gasteiger partial charge in [0.2, 0.25) is 0 Å². The summed E-state index contributed by atoms with van der Waals surface area (Å²) in [6.07, 6.45) is 4.02. The molecule has 5 nitrogen and oxygen atoms in total. The van der Waals surface area contributed by atoms with Gasteiger partial charge in [-0.1, -0.05) is 97.1 Å². The third-order valence-electron chi connectivity index (χ3n) is 6.72. The third-order valence-corrected chi connectivity index (χ3v) is 6.72. The molecule has 172 valence electrons. The Morgan fingerprint density at radius 2 is 1.32 bits per heavy atom. The van der Waals surface area contributed by atoms with Gasteiger partial charge in [-0.2, -0.15) is 0 Å². The van der Waals surface area contributed by atoms with Crippen LogP contribution in [0.3, 0.4) is 0 Å². The van der Waals surface area contributed by atoms with Crippen LogP contribution in [0.1, 0.15) is 23.1 Å². The maximum absolute atomic E-state index is 13.8. The lowest BCUT2D eigenvalue weighted by Gasteiger charge is -2.31. The highest BCUT2D eigenvalue weighted by Crippen LogP contribution is 2.28. The van der Waals surface area contributed by atoms with Gasteiger partial charge in [-0.25, -0.2) is 9.69 Å². The van der Waals surface area contributed by atoms with E-state index < -0.39 is 5.54 Å². The molecule has 1 N–H and O–H groups in total. The smallest absolute Gasteiger partial charge is 0.322 e. The van der Waals surface area contributed by atoms with Crippen molar-refractivity contribution in [2.45, 2.75) is 24.8 Å². The van der Waals surface area contributed by atoms with E-state index in [0.29, 0.717) is 26.1 Å². The Morgan fingerprint density at radius 1 is 0.765 bits per heavy atom. The third kappa shape index (κ3) is 4.66. The van der Waals surface area contributed by atoms with E-state index in [1.165, 1.54) is 16.0 Å². The molecule has 0 aromatic heterocycles. The van der Waals surface area contributed by atoms with Crippen LogP contribution in [0.2, 0.25) is 0 Å². The average molecular weight is 452 g/mol. The maximum atomic E-state index is 13.8. The summed E-state index contributed by atoms with van der Waals surface area (Å²) in [6.45, 7) is 1.82. The minimum Gasteiger partial charge on any atom is -0.322 e. The number of urea groups is 1. The van der Waals surface area contributed by atoms with E-state index in [-0.39, 0.29) is 11.9 Å². The largest absolute Gasteiger partial charge is 0.326 e. The van der Waals surface area contributed by atoms with Crippen molar-refractivity contribution in [1.82, 2.24) is 15.1 Å². The number of nitrogens with zero attached hydrogens (tertiary/aromatic N) is 2. The first-order valence-corrected chi connectivity index (χ1v) is 11.8. The van der Waals surface area contributed by atoms with Gasteiger partial charge in [0.15, 0.2) is 0 Å². The second-order valence-corrected chi connectivity index (χ2v) is 9.13. The summed E-state index contributed by atoms with van der Waals surface area (Å²) in [5, 5.41) is 3.08. The molecular formula is C29H29N3O2. The fraction of sp³-hybridized carbons (Fsp3) is 0.241. The van der Waals surface area contributed by atoms with Crippen LogP contribution in [-0.2, 0) is 17.6 Å². The Balaban J connectivity index is 1.34. The van der Waals surface area contributed by atoms with Crippen LogP contribution in [0.5, 0.6) is 0 Å². The molecule has 3 amide bonds. The first kappa shape index (κ1) is 22.1. The van der Waals surface area contributed by atoms with Crippen molar-refractivity contribution in [3.05, 3.63) is 114 Å². The van der Waals surface area contributed by atoms with Gasteiger partial charge in [0.05, 0.1) is 6.67 Å². The van der Waals surface area contributed by atoms with E-state index in [9.17, 15) is 9.59 Å². The van der Waals surface area contributed by atoms with E-state index in [1.54, 1.807) is 0 Å². The van der Waals surface area contributed by atoms with Gasteiger partial charge < -0.3 is 5.32 Å². The molecular weight excluding hydrogens is 422 g/mol. The normalized spacial score (nSPS) is 18.0. The maximum Gasteiger partial charge on any atom is 0.326 e. The Bertz CT molecular complexity index is 1130. The average Bonchev–Trinajstić information content (AvgIpc) is 3.10. The lowest BCUT2D eigenvalue weighted by atomic mass is 9.84. The SMILES string of the molecule is O=C1NC(Cc2ccccc2)(Cc2ccccc2)C(=O)N1CN1CC=C(c2ccccc2)CC1. The predicted molar refractivity (Wildman–Crippen MR) is 134 cm³/mol. The first-order valence-electron chi connectivity index (χ1n) is 11.8. The molecule has 34 heavy (non-hydrogen) atoms. The number of rotatable bonds is 7. The zero-order valence-electron chi connectivity index (χ0n) is 19.2. The van der Waals surface area contributed by atoms with Gasteiger partial charge in [0, 0.05) is 25.9 Å². The van der Waals surface area contributed by atoms with E-state index in [0.717, 1.165) is 24.1 Å². The number of benzene rings is 3. The molecule has 1 fully saturated rings. The van der Waals surface area contributed by atoms with Crippen LogP contribution in [-0.4, -0.2) is 47.0 Å². The summed E-state index contributed by atoms with van der Waals surface area (Å²) in [4.78, 5) is 30.5. The molecule has 0 radical (unpaired) electrons. The zero-order valence-corrected chi connectivity index (χ0v) is 19.2. The van der Waals surface area contributed by atoms with Crippen LogP contribution in [0.25, 0.3) is 5.57 Å². The summed E-state index contributed by atoms with van der Waals surface area (Å²) < 4.78 is 0. The second kappa shape index (κ2) is 9.65. The molecule has 0 bridgehead atoms. The Kier molecular flexibility index (Phi) is 6.28. The molecule has 0 spiro atoms. The van der Waals surface area contributed by atoms with Gasteiger partial charge in [-0.15, -0.1) is 0 Å². The van der Waals surface area contributed by atoms with Crippen LogP contribution in [0.15, 0.2) is 97.1 Å². The van der Waals surface area contributed by atoms with Crippen molar-refractivity contribution in [1.29, 1.82) is 0 Å². The molecule has 0 aliphatic carbocycles. The fourth-order valence-corrected chi connectivity index (χ4v) is 4.95. The monoisotopic (exact) mass is 451 g/mol. The van der Waals surface area contributed by atoms with E-state index >= 15 is 0 Å². The molecule has 2 heterocycles. The molecule has 5 heteroatoms. The molecule has 1 saturated heterocycles. The van der Waals surface area contributed by atoms with Crippen molar-refractivity contribution < 1.29 is 9.59 Å². The highest BCUT2D eigenvalue weighted by Gasteiger charge is 2.51. The molecule has 5 rings (SSSR count). The molecule has 0 atom stereocenters. The summed E-state index contributed by atoms with van der Waals surface area (Å²) in [6, 6.07) is 29.9. The lowest BCUT2D eigenvalue weighted by molar-refractivity contribution is -0.132. The van der Waals surface area contributed by atoms with Crippen LogP contribution in [0.4, 0.5) is 4.79 Å². The van der Waals surface area contributed by atoms with E-state index in [1.807, 2.05) is 66.7 Å². The molecule has 2 aliphatic heterocycles. The lowest BCUT2D eigenvalue weighted by Crippen LogP contribution is -2.51. The minimum absolute atomic E-state index is 0.150. The van der Waals surface area contributed by atoms with Gasteiger partial charge in [0.25, 0.3) is 5.91 Å². The number of hydrogen-bond donors (Lipinski definition) is 1. The zero-order chi connectivity index (χ0) is 23.4. The number of amides is 3. The van der Waals surface area contributed by atoms with Gasteiger partial charge in [-0.05, 0) is 28.7 Å². The van der Waals surface area contributed by atoms with Crippen molar-refractivity contribution in [3.8, 4) is 0 Å². The quantitative estimate of drug-likeness (QED) is 0.538. The van der Waals surface area contributed by atoms with E-state index in [2.05, 4.69) is 40.6 Å². The first-order chi connectivity index (χ1) is 16.6. The summed E-state index contributed by atoms with van der Waals surface area (Å²) in [5.74, 6) is -0.150. The summed E-state index contributed by atoms with van der Waals surface area (Å²) in [5.41, 5.74) is 3.63. The number of nitrogens with one attached hydrogen (secondary N) is 1. The highest BCUT2D eigenvalue weighted by atomic mass is 16.2. The number of carbonyl (C=O) groups excluding carboxylic acids is 2. The van der Waals surface area contributed by atoms with Crippen LogP contribution < -0.4 is 5.32 Å². The Morgan fingerprint density at radius 3 is 1.85 bits per heavy atom. The fourth-order valence-electron chi connectivity index (χ4n) is 4.95.